The predicted octanol–water partition coefficient (Wildman–Crippen LogP) is 5.56. The summed E-state index contributed by atoms with van der Waals surface area (Å²) in [5, 5.41) is 3.15. The van der Waals surface area contributed by atoms with E-state index in [2.05, 4.69) is 5.32 Å². The van der Waals surface area contributed by atoms with Crippen LogP contribution in [0.3, 0.4) is 0 Å². The smallest absolute Gasteiger partial charge is 0.264 e. The molecule has 11 heteroatoms. The number of aryl methyl sites for hydroxylation is 2. The highest BCUT2D eigenvalue weighted by molar-refractivity contribution is 7.92. The van der Waals surface area contributed by atoms with Crippen LogP contribution in [-0.2, 0) is 32.6 Å². The molecule has 0 heterocycles. The Bertz CT molecular complexity index is 1780. The molecule has 0 saturated heterocycles. The van der Waals surface area contributed by atoms with Crippen LogP contribution in [0.4, 0.5) is 5.69 Å². The number of methoxy groups -OCH3 is 2. The van der Waals surface area contributed by atoms with Crippen molar-refractivity contribution in [2.45, 2.75) is 37.8 Å². The van der Waals surface area contributed by atoms with Gasteiger partial charge in [0.15, 0.2) is 11.5 Å². The number of hydrogen-bond donors (Lipinski definition) is 1. The van der Waals surface area contributed by atoms with Crippen molar-refractivity contribution in [3.63, 3.8) is 0 Å². The van der Waals surface area contributed by atoms with E-state index in [0.29, 0.717) is 22.0 Å². The molecule has 0 aromatic heterocycles. The second kappa shape index (κ2) is 15.2. The number of rotatable bonds is 13. The van der Waals surface area contributed by atoms with Crippen LogP contribution in [0.2, 0.25) is 5.02 Å². The summed E-state index contributed by atoms with van der Waals surface area (Å²) in [6.07, 6.45) is 0.207. The molecule has 46 heavy (non-hydrogen) atoms. The highest BCUT2D eigenvalue weighted by Crippen LogP contribution is 2.33. The number of amides is 2. The van der Waals surface area contributed by atoms with Crippen molar-refractivity contribution in [2.24, 2.45) is 0 Å². The van der Waals surface area contributed by atoms with Crippen molar-refractivity contribution in [3.05, 3.63) is 118 Å². The van der Waals surface area contributed by atoms with E-state index >= 15 is 0 Å². The average molecular weight is 664 g/mol. The van der Waals surface area contributed by atoms with E-state index in [9.17, 15) is 18.0 Å². The van der Waals surface area contributed by atoms with E-state index in [1.165, 1.54) is 44.4 Å². The largest absolute Gasteiger partial charge is 0.493 e. The lowest BCUT2D eigenvalue weighted by Crippen LogP contribution is -2.53. The standard InChI is InChI=1S/C35H38ClN3O6S/c1-24-16-25(2)18-29(17-24)39(46(42,43)30-14-15-32(44-4)33(21-30)45-5)23-34(40)38(22-27-12-9-13-28(36)19-27)31(35(41)37-3)20-26-10-7-6-8-11-26/h6-19,21,31H,20,22-23H2,1-5H3,(H,37,41). The number of halogens is 1. The molecule has 1 N–H and O–H groups in total. The molecule has 0 aliphatic carbocycles. The highest BCUT2D eigenvalue weighted by atomic mass is 35.5. The first-order valence-electron chi connectivity index (χ1n) is 14.6. The van der Waals surface area contributed by atoms with Gasteiger partial charge in [-0.25, -0.2) is 8.42 Å². The van der Waals surface area contributed by atoms with Crippen molar-refractivity contribution in [1.29, 1.82) is 0 Å². The lowest BCUT2D eigenvalue weighted by molar-refractivity contribution is -0.139. The minimum Gasteiger partial charge on any atom is -0.493 e. The summed E-state index contributed by atoms with van der Waals surface area (Å²) in [4.78, 5) is 29.2. The van der Waals surface area contributed by atoms with Gasteiger partial charge in [0.25, 0.3) is 10.0 Å². The summed E-state index contributed by atoms with van der Waals surface area (Å²) in [5.74, 6) is -0.384. The fraction of sp³-hybridized carbons (Fsp3) is 0.257. The number of carbonyl (C=O) groups is 2. The van der Waals surface area contributed by atoms with Gasteiger partial charge in [-0.1, -0.05) is 60.1 Å². The lowest BCUT2D eigenvalue weighted by Gasteiger charge is -2.33. The maximum atomic E-state index is 14.5. The second-order valence-electron chi connectivity index (χ2n) is 10.8. The Balaban J connectivity index is 1.84. The second-order valence-corrected chi connectivity index (χ2v) is 13.1. The Morgan fingerprint density at radius 3 is 2.09 bits per heavy atom. The van der Waals surface area contributed by atoms with E-state index in [0.717, 1.165) is 21.0 Å². The Labute approximate surface area is 275 Å². The van der Waals surface area contributed by atoms with Crippen LogP contribution in [0.15, 0.2) is 95.9 Å². The fourth-order valence-corrected chi connectivity index (χ4v) is 6.91. The number of benzene rings is 4. The predicted molar refractivity (Wildman–Crippen MR) is 180 cm³/mol. The number of ether oxygens (including phenoxy) is 2. The number of anilines is 1. The van der Waals surface area contributed by atoms with Crippen LogP contribution in [0, 0.1) is 13.8 Å². The quantitative estimate of drug-likeness (QED) is 0.201. The van der Waals surface area contributed by atoms with E-state index in [-0.39, 0.29) is 29.5 Å². The molecule has 0 radical (unpaired) electrons. The normalized spacial score (nSPS) is 11.8. The third kappa shape index (κ3) is 8.18. The van der Waals surface area contributed by atoms with E-state index in [1.807, 2.05) is 50.2 Å². The summed E-state index contributed by atoms with van der Waals surface area (Å²) in [7, 11) is 0.0437. The van der Waals surface area contributed by atoms with Crippen molar-refractivity contribution in [2.75, 3.05) is 32.1 Å². The monoisotopic (exact) mass is 663 g/mol. The van der Waals surface area contributed by atoms with Crippen molar-refractivity contribution in [3.8, 4) is 11.5 Å². The molecule has 0 saturated carbocycles. The molecule has 0 bridgehead atoms. The molecule has 4 rings (SSSR count). The van der Waals surface area contributed by atoms with Crippen LogP contribution in [0.25, 0.3) is 0 Å². The molecule has 9 nitrogen and oxygen atoms in total. The Kier molecular flexibility index (Phi) is 11.3. The Morgan fingerprint density at radius 2 is 1.48 bits per heavy atom. The van der Waals surface area contributed by atoms with Crippen molar-refractivity contribution < 1.29 is 27.5 Å². The average Bonchev–Trinajstić information content (AvgIpc) is 3.04. The van der Waals surface area contributed by atoms with Crippen LogP contribution in [-0.4, -0.2) is 59.0 Å². The van der Waals surface area contributed by atoms with Gasteiger partial charge in [0.05, 0.1) is 24.8 Å². The third-order valence-corrected chi connectivity index (χ3v) is 9.48. The molecule has 242 valence electrons. The summed E-state index contributed by atoms with van der Waals surface area (Å²) >= 11 is 6.29. The number of sulfonamides is 1. The number of nitrogens with zero attached hydrogens (tertiary/aromatic N) is 2. The van der Waals surface area contributed by atoms with Crippen LogP contribution >= 0.6 is 11.6 Å². The summed E-state index contributed by atoms with van der Waals surface area (Å²) in [5.41, 5.74) is 3.46. The van der Waals surface area contributed by atoms with Crippen molar-refractivity contribution in [1.82, 2.24) is 10.2 Å². The zero-order chi connectivity index (χ0) is 33.4. The van der Waals surface area contributed by atoms with E-state index < -0.39 is 28.5 Å². The molecule has 2 amide bonds. The molecular weight excluding hydrogens is 626 g/mol. The van der Waals surface area contributed by atoms with Gasteiger partial charge in [0.2, 0.25) is 11.8 Å². The highest BCUT2D eigenvalue weighted by Gasteiger charge is 2.35. The number of likely N-dealkylation sites (N-methyl/N-ethyl adjacent to an activating group) is 1. The Morgan fingerprint density at radius 1 is 0.826 bits per heavy atom. The number of nitrogens with one attached hydrogen (secondary N) is 1. The van der Waals surface area contributed by atoms with E-state index in [1.54, 1.807) is 36.4 Å². The van der Waals surface area contributed by atoms with Gasteiger partial charge >= 0.3 is 0 Å². The topological polar surface area (TPSA) is 105 Å². The van der Waals surface area contributed by atoms with E-state index in [4.69, 9.17) is 21.1 Å². The minimum absolute atomic E-state index is 0.0153. The summed E-state index contributed by atoms with van der Waals surface area (Å²) in [6, 6.07) is 25.0. The molecule has 0 spiro atoms. The molecular formula is C35H38ClN3O6S. The van der Waals surface area contributed by atoms with Gasteiger partial charge < -0.3 is 19.7 Å². The zero-order valence-corrected chi connectivity index (χ0v) is 28.1. The Hall–Kier alpha value is -4.54. The first kappa shape index (κ1) is 34.3. The molecule has 1 unspecified atom stereocenters. The first-order valence-corrected chi connectivity index (χ1v) is 16.4. The van der Waals surface area contributed by atoms with Crippen LogP contribution in [0.5, 0.6) is 11.5 Å². The number of carbonyl (C=O) groups excluding carboxylic acids is 2. The molecule has 0 fully saturated rings. The SMILES string of the molecule is CNC(=O)C(Cc1ccccc1)N(Cc1cccc(Cl)c1)C(=O)CN(c1cc(C)cc(C)c1)S(=O)(=O)c1ccc(OC)c(OC)c1. The maximum Gasteiger partial charge on any atom is 0.264 e. The fourth-order valence-electron chi connectivity index (χ4n) is 5.28. The minimum atomic E-state index is -4.34. The molecule has 0 aliphatic heterocycles. The van der Waals surface area contributed by atoms with Gasteiger partial charge in [-0.3, -0.25) is 13.9 Å². The molecule has 0 aliphatic rings. The first-order chi connectivity index (χ1) is 22.0. The molecule has 4 aromatic rings. The van der Waals surface area contributed by atoms with Gasteiger partial charge in [-0.05, 0) is 72.5 Å². The summed E-state index contributed by atoms with van der Waals surface area (Å²) in [6.45, 7) is 3.14. The molecule has 1 atom stereocenters. The van der Waals surface area contributed by atoms with Gasteiger partial charge in [-0.15, -0.1) is 0 Å². The van der Waals surface area contributed by atoms with Gasteiger partial charge in [0.1, 0.15) is 12.6 Å². The van der Waals surface area contributed by atoms with Gasteiger partial charge in [0, 0.05) is 31.1 Å². The lowest BCUT2D eigenvalue weighted by atomic mass is 10.0. The summed E-state index contributed by atoms with van der Waals surface area (Å²) < 4.78 is 40.6. The maximum absolute atomic E-state index is 14.5. The van der Waals surface area contributed by atoms with Crippen LogP contribution in [0.1, 0.15) is 22.3 Å². The number of hydrogen-bond acceptors (Lipinski definition) is 6. The molecule has 4 aromatic carbocycles. The zero-order valence-electron chi connectivity index (χ0n) is 26.5. The van der Waals surface area contributed by atoms with Gasteiger partial charge in [-0.2, -0.15) is 0 Å². The van der Waals surface area contributed by atoms with Crippen LogP contribution < -0.4 is 19.1 Å². The third-order valence-electron chi connectivity index (χ3n) is 7.48. The van der Waals surface area contributed by atoms with Crippen molar-refractivity contribution >= 4 is 39.1 Å².